The number of rotatable bonds is 6. The van der Waals surface area contributed by atoms with Crippen molar-refractivity contribution in [2.75, 3.05) is 11.3 Å². The number of tetrazole rings is 1. The Kier molecular flexibility index (Phi) is 5.73. The molecule has 30 heavy (non-hydrogen) atoms. The molecule has 0 aliphatic rings. The van der Waals surface area contributed by atoms with Gasteiger partial charge in [-0.2, -0.15) is 17.9 Å². The monoisotopic (exact) mass is 440 g/mol. The fourth-order valence-corrected chi connectivity index (χ4v) is 3.50. The van der Waals surface area contributed by atoms with Gasteiger partial charge in [-0.25, -0.2) is 8.42 Å². The first-order chi connectivity index (χ1) is 14.0. The molecule has 1 heterocycles. The predicted molar refractivity (Wildman–Crippen MR) is 99.5 cm³/mol. The lowest BCUT2D eigenvalue weighted by atomic mass is 10.2. The Morgan fingerprint density at radius 1 is 1.13 bits per heavy atom. The van der Waals surface area contributed by atoms with Crippen molar-refractivity contribution in [3.8, 4) is 5.69 Å². The molecule has 0 aliphatic heterocycles. The van der Waals surface area contributed by atoms with Gasteiger partial charge in [-0.15, -0.1) is 5.10 Å². The topological polar surface area (TPSA) is 119 Å². The third-order valence-electron chi connectivity index (χ3n) is 3.84. The highest BCUT2D eigenvalue weighted by Gasteiger charge is 2.28. The lowest BCUT2D eigenvalue weighted by Gasteiger charge is -2.11. The van der Waals surface area contributed by atoms with Gasteiger partial charge < -0.3 is 5.32 Å². The van der Waals surface area contributed by atoms with Gasteiger partial charge in [-0.1, -0.05) is 6.07 Å². The maximum absolute atomic E-state index is 12.6. The van der Waals surface area contributed by atoms with E-state index in [1.165, 1.54) is 16.8 Å². The van der Waals surface area contributed by atoms with E-state index in [0.29, 0.717) is 11.5 Å². The van der Waals surface area contributed by atoms with Gasteiger partial charge in [0.2, 0.25) is 0 Å². The van der Waals surface area contributed by atoms with Crippen LogP contribution in [0.5, 0.6) is 0 Å². The summed E-state index contributed by atoms with van der Waals surface area (Å²) in [5.41, 5.74) is 0.679. The van der Waals surface area contributed by atoms with E-state index in [1.807, 2.05) is 0 Å². The van der Waals surface area contributed by atoms with Gasteiger partial charge in [0.25, 0.3) is 15.9 Å². The normalized spacial score (nSPS) is 11.9. The Morgan fingerprint density at radius 3 is 2.43 bits per heavy atom. The first-order valence-corrected chi connectivity index (χ1v) is 9.87. The molecule has 158 valence electrons. The maximum Gasteiger partial charge on any atom is 0.405 e. The SMILES string of the molecule is Cc1nnnn1-c1cccc(NS(=O)(=O)c2ccc(C(=O)NCC(F)(F)F)cc2)c1. The van der Waals surface area contributed by atoms with Gasteiger partial charge in [-0.3, -0.25) is 9.52 Å². The highest BCUT2D eigenvalue weighted by atomic mass is 32.2. The molecule has 0 saturated heterocycles. The molecule has 2 aromatic carbocycles. The number of sulfonamides is 1. The smallest absolute Gasteiger partial charge is 0.343 e. The summed E-state index contributed by atoms with van der Waals surface area (Å²) in [5.74, 6) is -0.455. The third-order valence-corrected chi connectivity index (χ3v) is 5.24. The van der Waals surface area contributed by atoms with Gasteiger partial charge in [0, 0.05) is 5.56 Å². The molecule has 2 N–H and O–H groups in total. The van der Waals surface area contributed by atoms with Gasteiger partial charge in [0.1, 0.15) is 6.54 Å². The average molecular weight is 440 g/mol. The number of halogens is 3. The van der Waals surface area contributed by atoms with Crippen molar-refractivity contribution >= 4 is 21.6 Å². The van der Waals surface area contributed by atoms with Crippen LogP contribution in [0.1, 0.15) is 16.2 Å². The van der Waals surface area contributed by atoms with Crippen molar-refractivity contribution < 1.29 is 26.4 Å². The van der Waals surface area contributed by atoms with Crippen LogP contribution in [-0.4, -0.2) is 47.3 Å². The van der Waals surface area contributed by atoms with Gasteiger partial charge >= 0.3 is 6.18 Å². The summed E-state index contributed by atoms with van der Waals surface area (Å²) in [6.45, 7) is 0.202. The second kappa shape index (κ2) is 8.10. The number of nitrogens with one attached hydrogen (secondary N) is 2. The van der Waals surface area contributed by atoms with Crippen LogP contribution in [0.3, 0.4) is 0 Å². The zero-order valence-corrected chi connectivity index (χ0v) is 16.2. The second-order valence-corrected chi connectivity index (χ2v) is 7.80. The highest BCUT2D eigenvalue weighted by Crippen LogP contribution is 2.20. The van der Waals surface area contributed by atoms with Crippen LogP contribution in [0.4, 0.5) is 18.9 Å². The number of alkyl halides is 3. The molecule has 1 amide bonds. The minimum Gasteiger partial charge on any atom is -0.343 e. The highest BCUT2D eigenvalue weighted by molar-refractivity contribution is 7.92. The van der Waals surface area contributed by atoms with Crippen molar-refractivity contribution in [1.29, 1.82) is 0 Å². The summed E-state index contributed by atoms with van der Waals surface area (Å²) in [6.07, 6.45) is -4.54. The molecule has 0 unspecified atom stereocenters. The number of hydrogen-bond donors (Lipinski definition) is 2. The minimum atomic E-state index is -4.54. The second-order valence-electron chi connectivity index (χ2n) is 6.12. The van der Waals surface area contributed by atoms with Crippen molar-refractivity contribution in [3.05, 3.63) is 59.9 Å². The molecule has 0 fully saturated rings. The Balaban J connectivity index is 1.75. The Bertz CT molecular complexity index is 1160. The fourth-order valence-electron chi connectivity index (χ4n) is 2.45. The number of nitrogens with zero attached hydrogens (tertiary/aromatic N) is 4. The molecular formula is C17H15F3N6O3S. The number of amides is 1. The Labute approximate surface area is 169 Å². The van der Waals surface area contributed by atoms with Crippen LogP contribution < -0.4 is 10.0 Å². The van der Waals surface area contributed by atoms with E-state index >= 15 is 0 Å². The first-order valence-electron chi connectivity index (χ1n) is 8.38. The van der Waals surface area contributed by atoms with Crippen LogP contribution in [0.15, 0.2) is 53.4 Å². The maximum atomic E-state index is 12.6. The van der Waals surface area contributed by atoms with Crippen LogP contribution in [-0.2, 0) is 10.0 Å². The molecule has 0 spiro atoms. The number of carbonyl (C=O) groups excluding carboxylic acids is 1. The summed E-state index contributed by atoms with van der Waals surface area (Å²) in [7, 11) is -4.01. The van der Waals surface area contributed by atoms with Crippen LogP contribution in [0.25, 0.3) is 5.69 Å². The largest absolute Gasteiger partial charge is 0.405 e. The van der Waals surface area contributed by atoms with Crippen LogP contribution in [0, 0.1) is 6.92 Å². The van der Waals surface area contributed by atoms with Crippen molar-refractivity contribution in [3.63, 3.8) is 0 Å². The molecule has 3 aromatic rings. The Hall–Kier alpha value is -3.48. The summed E-state index contributed by atoms with van der Waals surface area (Å²) in [6, 6.07) is 10.9. The summed E-state index contributed by atoms with van der Waals surface area (Å²) < 4.78 is 65.6. The lowest BCUT2D eigenvalue weighted by molar-refractivity contribution is -0.123. The molecule has 0 bridgehead atoms. The van der Waals surface area contributed by atoms with E-state index in [-0.39, 0.29) is 16.1 Å². The summed E-state index contributed by atoms with van der Waals surface area (Å²) >= 11 is 0. The van der Waals surface area contributed by atoms with Crippen LogP contribution >= 0.6 is 0 Å². The van der Waals surface area contributed by atoms with E-state index in [0.717, 1.165) is 24.3 Å². The molecule has 0 aliphatic carbocycles. The quantitative estimate of drug-likeness (QED) is 0.606. The van der Waals surface area contributed by atoms with E-state index in [1.54, 1.807) is 24.4 Å². The number of carbonyl (C=O) groups is 1. The van der Waals surface area contributed by atoms with E-state index in [2.05, 4.69) is 20.2 Å². The number of aryl methyl sites for hydroxylation is 1. The van der Waals surface area contributed by atoms with E-state index in [9.17, 15) is 26.4 Å². The molecule has 0 radical (unpaired) electrons. The molecule has 1 aromatic heterocycles. The number of hydrogen-bond acceptors (Lipinski definition) is 6. The number of benzene rings is 2. The van der Waals surface area contributed by atoms with Gasteiger partial charge in [0.15, 0.2) is 5.82 Å². The molecule has 3 rings (SSSR count). The van der Waals surface area contributed by atoms with Crippen molar-refractivity contribution in [2.24, 2.45) is 0 Å². The molecule has 0 atom stereocenters. The summed E-state index contributed by atoms with van der Waals surface area (Å²) in [4.78, 5) is 11.6. The first kappa shape index (κ1) is 21.2. The standard InChI is InChI=1S/C17H15F3N6O3S/c1-11-22-24-25-26(11)14-4-2-3-13(9-14)23-30(28,29)15-7-5-12(6-8-15)16(27)21-10-17(18,19)20/h2-9,23H,10H2,1H3,(H,21,27). The van der Waals surface area contributed by atoms with Crippen molar-refractivity contribution in [1.82, 2.24) is 25.5 Å². The van der Waals surface area contributed by atoms with Crippen LogP contribution in [0.2, 0.25) is 0 Å². The fraction of sp³-hybridized carbons (Fsp3) is 0.176. The van der Waals surface area contributed by atoms with Gasteiger partial charge in [-0.05, 0) is 59.8 Å². The van der Waals surface area contributed by atoms with Crippen molar-refractivity contribution in [2.45, 2.75) is 18.0 Å². The van der Waals surface area contributed by atoms with E-state index in [4.69, 9.17) is 0 Å². The molecular weight excluding hydrogens is 425 g/mol. The number of anilines is 1. The zero-order valence-electron chi connectivity index (χ0n) is 15.4. The third kappa shape index (κ3) is 5.11. The Morgan fingerprint density at radius 2 is 1.83 bits per heavy atom. The number of aromatic nitrogens is 4. The predicted octanol–water partition coefficient (Wildman–Crippen LogP) is 2.06. The minimum absolute atomic E-state index is 0.102. The molecule has 0 saturated carbocycles. The average Bonchev–Trinajstić information content (AvgIpc) is 3.11. The summed E-state index contributed by atoms with van der Waals surface area (Å²) in [5, 5.41) is 12.8. The zero-order chi connectivity index (χ0) is 21.9. The molecule has 9 nitrogen and oxygen atoms in total. The van der Waals surface area contributed by atoms with Gasteiger partial charge in [0.05, 0.1) is 16.3 Å². The lowest BCUT2D eigenvalue weighted by Crippen LogP contribution is -2.33. The molecule has 13 heteroatoms. The van der Waals surface area contributed by atoms with E-state index < -0.39 is 28.7 Å².